The van der Waals surface area contributed by atoms with Gasteiger partial charge in [0.2, 0.25) is 0 Å². The Hall–Kier alpha value is -0.580. The SMILES string of the molecule is Cc1ccc(C(CCN(C)C(=O)OC(C)(C)C)N[S@+]([O-])I)nc1. The predicted octanol–water partition coefficient (Wildman–Crippen LogP) is 3.29. The molecule has 6 nitrogen and oxygen atoms in total. The second kappa shape index (κ2) is 9.05. The molecule has 1 unspecified atom stereocenters. The quantitative estimate of drug-likeness (QED) is 0.529. The van der Waals surface area contributed by atoms with Crippen molar-refractivity contribution in [3.05, 3.63) is 29.6 Å². The summed E-state index contributed by atoms with van der Waals surface area (Å²) in [5.74, 6) is 0. The molecule has 0 aromatic carbocycles. The molecule has 0 aliphatic carbocycles. The molecule has 0 saturated carbocycles. The van der Waals surface area contributed by atoms with E-state index in [2.05, 4.69) is 9.71 Å². The second-order valence-corrected chi connectivity index (χ2v) is 9.43. The minimum absolute atomic E-state index is 0.196. The molecule has 1 rings (SSSR count). The van der Waals surface area contributed by atoms with Gasteiger partial charge in [0.25, 0.3) is 21.2 Å². The number of hydrogen-bond acceptors (Lipinski definition) is 5. The molecule has 1 heterocycles. The Labute approximate surface area is 153 Å². The van der Waals surface area contributed by atoms with Gasteiger partial charge in [-0.15, -0.1) is 4.72 Å². The second-order valence-electron chi connectivity index (χ2n) is 6.34. The third-order valence-electron chi connectivity index (χ3n) is 2.98. The highest BCUT2D eigenvalue weighted by Gasteiger charge is 2.23. The highest BCUT2D eigenvalue weighted by Crippen LogP contribution is 2.19. The number of rotatable bonds is 6. The Morgan fingerprint density at radius 3 is 2.65 bits per heavy atom. The van der Waals surface area contributed by atoms with E-state index in [1.54, 1.807) is 13.2 Å². The maximum atomic E-state index is 12.0. The maximum Gasteiger partial charge on any atom is 0.410 e. The van der Waals surface area contributed by atoms with Crippen LogP contribution in [-0.2, 0) is 13.3 Å². The summed E-state index contributed by atoms with van der Waals surface area (Å²) >= 11 is 1.81. The lowest BCUT2D eigenvalue weighted by Gasteiger charge is -2.26. The fraction of sp³-hybridized carbons (Fsp3) is 0.600. The zero-order valence-corrected chi connectivity index (χ0v) is 17.1. The standard InChI is InChI=1S/C15H24IN3O3S/c1-11-6-7-12(17-10-11)13(18-23(16)21)8-9-19(5)14(20)22-15(2,3)4/h6-7,10,13,18H,8-9H2,1-5H3/t13?,23-/m1/s1. The molecule has 8 heteroatoms. The maximum absolute atomic E-state index is 12.0. The molecule has 0 radical (unpaired) electrons. The third-order valence-corrected chi connectivity index (χ3v) is 4.22. The Kier molecular flexibility index (Phi) is 8.05. The van der Waals surface area contributed by atoms with Gasteiger partial charge in [-0.1, -0.05) is 6.07 Å². The zero-order chi connectivity index (χ0) is 17.6. The summed E-state index contributed by atoms with van der Waals surface area (Å²) < 4.78 is 19.8. The van der Waals surface area contributed by atoms with Crippen molar-refractivity contribution in [3.63, 3.8) is 0 Å². The molecule has 0 aliphatic heterocycles. The minimum atomic E-state index is -1.20. The van der Waals surface area contributed by atoms with Crippen LogP contribution in [0.15, 0.2) is 18.3 Å². The fourth-order valence-electron chi connectivity index (χ4n) is 1.82. The number of pyridine rings is 1. The van der Waals surface area contributed by atoms with Gasteiger partial charge in [0, 0.05) is 19.8 Å². The molecule has 0 aliphatic rings. The molecule has 2 atom stereocenters. The van der Waals surface area contributed by atoms with E-state index < -0.39 is 14.1 Å². The van der Waals surface area contributed by atoms with Crippen LogP contribution < -0.4 is 4.72 Å². The van der Waals surface area contributed by atoms with E-state index in [9.17, 15) is 9.35 Å². The van der Waals surface area contributed by atoms with Gasteiger partial charge in [0.15, 0.2) is 0 Å². The lowest BCUT2D eigenvalue weighted by molar-refractivity contribution is 0.0294. The van der Waals surface area contributed by atoms with Crippen molar-refractivity contribution < 1.29 is 14.1 Å². The summed E-state index contributed by atoms with van der Waals surface area (Å²) in [6, 6.07) is 3.67. The molecule has 1 N–H and O–H groups in total. The first-order chi connectivity index (χ1) is 10.6. The van der Waals surface area contributed by atoms with E-state index in [1.165, 1.54) is 4.90 Å². The normalized spacial score (nSPS) is 14.2. The Morgan fingerprint density at radius 2 is 2.17 bits per heavy atom. The van der Waals surface area contributed by atoms with E-state index in [0.29, 0.717) is 13.0 Å². The van der Waals surface area contributed by atoms with Crippen molar-refractivity contribution in [3.8, 4) is 0 Å². The topological polar surface area (TPSA) is 77.5 Å². The van der Waals surface area contributed by atoms with Crippen molar-refractivity contribution in [1.82, 2.24) is 14.6 Å². The Bertz CT molecular complexity index is 506. The average molecular weight is 453 g/mol. The molecule has 0 bridgehead atoms. The van der Waals surface area contributed by atoms with Gasteiger partial charge in [-0.2, -0.15) is 0 Å². The number of aryl methyl sites for hydroxylation is 1. The summed E-state index contributed by atoms with van der Waals surface area (Å²) in [4.78, 5) is 17.9. The molecule has 1 aromatic rings. The van der Waals surface area contributed by atoms with E-state index in [1.807, 2.05) is 61.0 Å². The zero-order valence-electron chi connectivity index (χ0n) is 14.1. The van der Waals surface area contributed by atoms with Gasteiger partial charge < -0.3 is 14.2 Å². The van der Waals surface area contributed by atoms with Crippen LogP contribution in [0.2, 0.25) is 0 Å². The molecule has 1 aromatic heterocycles. The smallest absolute Gasteiger partial charge is 0.410 e. The minimum Gasteiger partial charge on any atom is -0.590 e. The third kappa shape index (κ3) is 8.18. The van der Waals surface area contributed by atoms with E-state index >= 15 is 0 Å². The summed E-state index contributed by atoms with van der Waals surface area (Å²) in [5, 5.41) is 0. The van der Waals surface area contributed by atoms with Gasteiger partial charge in [-0.05, 0) is 45.7 Å². The first kappa shape index (κ1) is 20.5. The van der Waals surface area contributed by atoms with Crippen LogP contribution in [0.25, 0.3) is 0 Å². The monoisotopic (exact) mass is 453 g/mol. The lowest BCUT2D eigenvalue weighted by atomic mass is 10.1. The van der Waals surface area contributed by atoms with E-state index in [0.717, 1.165) is 11.3 Å². The number of hydrogen-bond donors (Lipinski definition) is 1. The van der Waals surface area contributed by atoms with Crippen LogP contribution in [-0.4, -0.2) is 39.7 Å². The molecule has 130 valence electrons. The van der Waals surface area contributed by atoms with Crippen molar-refractivity contribution in [2.45, 2.75) is 45.8 Å². The molecular weight excluding hydrogens is 429 g/mol. The van der Waals surface area contributed by atoms with Gasteiger partial charge in [0.1, 0.15) is 14.1 Å². The molecule has 0 spiro atoms. The molecule has 23 heavy (non-hydrogen) atoms. The summed E-state index contributed by atoms with van der Waals surface area (Å²) in [6.07, 6.45) is 1.99. The van der Waals surface area contributed by atoms with E-state index in [-0.39, 0.29) is 12.1 Å². The van der Waals surface area contributed by atoms with Crippen LogP contribution in [0.5, 0.6) is 0 Å². The Morgan fingerprint density at radius 1 is 1.52 bits per heavy atom. The first-order valence-electron chi connectivity index (χ1n) is 7.29. The van der Waals surface area contributed by atoms with Crippen molar-refractivity contribution in [2.24, 2.45) is 0 Å². The lowest BCUT2D eigenvalue weighted by Crippen LogP contribution is -2.36. The van der Waals surface area contributed by atoms with Crippen LogP contribution in [0.4, 0.5) is 4.79 Å². The van der Waals surface area contributed by atoms with Gasteiger partial charge in [-0.3, -0.25) is 4.98 Å². The van der Waals surface area contributed by atoms with Crippen molar-refractivity contribution >= 4 is 35.8 Å². The first-order valence-corrected chi connectivity index (χ1v) is 11.0. The van der Waals surface area contributed by atoms with Crippen LogP contribution in [0, 0.1) is 6.92 Å². The number of ether oxygens (including phenoxy) is 1. The van der Waals surface area contributed by atoms with Crippen molar-refractivity contribution in [1.29, 1.82) is 0 Å². The number of amides is 1. The molecule has 0 fully saturated rings. The predicted molar refractivity (Wildman–Crippen MR) is 100 cm³/mol. The molecular formula is C15H24IN3O3S. The van der Waals surface area contributed by atoms with Gasteiger partial charge in [0.05, 0.1) is 11.7 Å². The summed E-state index contributed by atoms with van der Waals surface area (Å²) in [5.41, 5.74) is 1.35. The van der Waals surface area contributed by atoms with Crippen LogP contribution in [0.1, 0.15) is 44.5 Å². The number of nitrogens with one attached hydrogen (secondary N) is 1. The number of aromatic nitrogens is 1. The van der Waals surface area contributed by atoms with Crippen molar-refractivity contribution in [2.75, 3.05) is 13.6 Å². The number of carbonyl (C=O) groups excluding carboxylic acids is 1. The van der Waals surface area contributed by atoms with Crippen LogP contribution in [0.3, 0.4) is 0 Å². The largest absolute Gasteiger partial charge is 0.590 e. The summed E-state index contributed by atoms with van der Waals surface area (Å²) in [7, 11) is 0.492. The number of halogens is 1. The number of carbonyl (C=O) groups is 1. The average Bonchev–Trinajstić information content (AvgIpc) is 2.41. The van der Waals surface area contributed by atoms with Gasteiger partial charge in [-0.25, -0.2) is 4.79 Å². The molecule has 0 saturated heterocycles. The van der Waals surface area contributed by atoms with Crippen LogP contribution >= 0.6 is 21.2 Å². The fourth-order valence-corrected chi connectivity index (χ4v) is 3.20. The van der Waals surface area contributed by atoms with Gasteiger partial charge >= 0.3 is 6.09 Å². The highest BCUT2D eigenvalue weighted by molar-refractivity contribution is 14.2. The number of nitrogens with zero attached hydrogens (tertiary/aromatic N) is 2. The van der Waals surface area contributed by atoms with E-state index in [4.69, 9.17) is 4.74 Å². The molecule has 1 amide bonds. The highest BCUT2D eigenvalue weighted by atomic mass is 127. The summed E-state index contributed by atoms with van der Waals surface area (Å²) in [6.45, 7) is 7.93. The Balaban J connectivity index is 2.67.